The minimum atomic E-state index is 0.303. The number of ether oxygens (including phenoxy) is 4. The van der Waals surface area contributed by atoms with E-state index >= 15 is 0 Å². The molecular formula is C78H110Cl2N4O4. The number of para-hydroxylation sites is 2. The lowest BCUT2D eigenvalue weighted by molar-refractivity contribution is 0.303. The topological polar surface area (TPSA) is 71.5 Å². The number of halogens is 2. The van der Waals surface area contributed by atoms with Gasteiger partial charge in [-0.1, -0.05) is 318 Å². The molecule has 0 atom stereocenters. The molecule has 5 aromatic carbocycles. The number of aryl methyl sites for hydroxylation is 2. The van der Waals surface area contributed by atoms with E-state index in [0.717, 1.165) is 84.2 Å². The first kappa shape index (κ1) is 67.5. The highest BCUT2D eigenvalue weighted by atomic mass is 35.5. The fourth-order valence-electron chi connectivity index (χ4n) is 13.9. The monoisotopic (exact) mass is 1240 g/mol. The molecule has 480 valence electrons. The normalized spacial score (nSPS) is 12.5. The molecule has 0 saturated carbocycles. The molecule has 0 N–H and O–H groups in total. The molecule has 0 radical (unpaired) electrons. The van der Waals surface area contributed by atoms with Crippen molar-refractivity contribution in [2.75, 3.05) is 13.2 Å². The average molecular weight is 1240 g/mol. The van der Waals surface area contributed by atoms with Gasteiger partial charge >= 0.3 is 0 Å². The summed E-state index contributed by atoms with van der Waals surface area (Å²) >= 11 is 15.5. The summed E-state index contributed by atoms with van der Waals surface area (Å²) in [7, 11) is 0. The van der Waals surface area contributed by atoms with Crippen molar-refractivity contribution in [3.05, 3.63) is 81.4 Å². The number of rotatable bonds is 46. The average Bonchev–Trinajstić information content (AvgIpc) is 1.97. The van der Waals surface area contributed by atoms with Crippen molar-refractivity contribution in [1.82, 2.24) is 9.13 Å². The summed E-state index contributed by atoms with van der Waals surface area (Å²) in [6.45, 7) is 12.1. The molecule has 10 heteroatoms. The second kappa shape index (κ2) is 36.8. The molecule has 0 fully saturated rings. The predicted octanol–water partition coefficient (Wildman–Crippen LogP) is 25.8. The molecule has 0 bridgehead atoms. The van der Waals surface area contributed by atoms with E-state index in [-0.39, 0.29) is 0 Å². The Kier molecular flexibility index (Phi) is 28.2. The van der Waals surface area contributed by atoms with Gasteiger partial charge in [-0.3, -0.25) is 0 Å². The van der Waals surface area contributed by atoms with Crippen molar-refractivity contribution in [2.24, 2.45) is 9.98 Å². The van der Waals surface area contributed by atoms with E-state index in [1.165, 1.54) is 229 Å². The van der Waals surface area contributed by atoms with Crippen LogP contribution >= 0.6 is 23.2 Å². The molecule has 7 aromatic rings. The highest BCUT2D eigenvalue weighted by molar-refractivity contribution is 6.35. The van der Waals surface area contributed by atoms with Gasteiger partial charge in [-0.25, -0.2) is 9.98 Å². The largest absolute Gasteiger partial charge is 0.491 e. The Bertz CT molecular complexity index is 3170. The number of nitrogens with zero attached hydrogens (tertiary/aromatic N) is 4. The summed E-state index contributed by atoms with van der Waals surface area (Å²) in [5.41, 5.74) is 5.76. The molecule has 2 aliphatic heterocycles. The first-order valence-electron chi connectivity index (χ1n) is 36.2. The first-order valence-corrected chi connectivity index (χ1v) is 37.0. The third kappa shape index (κ3) is 17.8. The third-order valence-electron chi connectivity index (χ3n) is 19.0. The molecule has 2 aliphatic rings. The van der Waals surface area contributed by atoms with E-state index < -0.39 is 0 Å². The lowest BCUT2D eigenvalue weighted by Gasteiger charge is -2.24. The zero-order chi connectivity index (χ0) is 61.1. The van der Waals surface area contributed by atoms with Crippen LogP contribution in [0.3, 0.4) is 0 Å². The summed E-state index contributed by atoms with van der Waals surface area (Å²) in [5.74, 6) is 3.39. The number of fused-ring (bicyclic) bond motifs is 12. The van der Waals surface area contributed by atoms with Crippen molar-refractivity contribution in [1.29, 1.82) is 0 Å². The maximum atomic E-state index is 7.73. The molecule has 4 heterocycles. The van der Waals surface area contributed by atoms with Crippen LogP contribution in [0.4, 0.5) is 11.4 Å². The van der Waals surface area contributed by atoms with Crippen LogP contribution in [0.5, 0.6) is 34.5 Å². The maximum absolute atomic E-state index is 7.73. The second-order valence-electron chi connectivity index (χ2n) is 26.1. The van der Waals surface area contributed by atoms with Crippen LogP contribution in [0.2, 0.25) is 10.0 Å². The Morgan fingerprint density at radius 2 is 0.625 bits per heavy atom. The number of benzene rings is 5. The van der Waals surface area contributed by atoms with Gasteiger partial charge in [-0.05, 0) is 37.8 Å². The highest BCUT2D eigenvalue weighted by Crippen LogP contribution is 2.54. The summed E-state index contributed by atoms with van der Waals surface area (Å²) in [6, 6.07) is 21.9. The van der Waals surface area contributed by atoms with Crippen LogP contribution in [-0.4, -0.2) is 22.3 Å². The SMILES string of the molecule is CCCCCCCCCCCCOc1cc2c(c3c1N=c1c(Cl)c4c(c(Cl)c1O3)=Nc1c(OCCCCCCCCCCCC)cc3c(c1O4)c1ccccc1n3CCCCCCCCCCCC)c1ccccc1n2CCCCCCCCCCCC. The van der Waals surface area contributed by atoms with E-state index in [2.05, 4.69) is 97.5 Å². The quantitative estimate of drug-likeness (QED) is 0.0357. The van der Waals surface area contributed by atoms with Crippen LogP contribution in [-0.2, 0) is 13.1 Å². The van der Waals surface area contributed by atoms with Gasteiger partial charge in [0.1, 0.15) is 32.1 Å². The number of aromatic nitrogens is 2. The van der Waals surface area contributed by atoms with Crippen LogP contribution < -0.4 is 29.7 Å². The predicted molar refractivity (Wildman–Crippen MR) is 375 cm³/mol. The first-order chi connectivity index (χ1) is 43.5. The van der Waals surface area contributed by atoms with Gasteiger partial charge in [0.25, 0.3) is 0 Å². The fourth-order valence-corrected chi connectivity index (χ4v) is 14.4. The van der Waals surface area contributed by atoms with Gasteiger partial charge in [-0.2, -0.15) is 0 Å². The van der Waals surface area contributed by atoms with Crippen LogP contribution in [0.15, 0.2) is 70.6 Å². The molecule has 0 aliphatic carbocycles. The highest BCUT2D eigenvalue weighted by Gasteiger charge is 2.34. The number of unbranched alkanes of at least 4 members (excludes halogenated alkanes) is 36. The number of hydrogen-bond donors (Lipinski definition) is 0. The van der Waals surface area contributed by atoms with Crippen molar-refractivity contribution in [2.45, 2.75) is 298 Å². The molecule has 0 amide bonds. The van der Waals surface area contributed by atoms with E-state index in [0.29, 0.717) is 79.8 Å². The zero-order valence-electron chi connectivity index (χ0n) is 55.1. The van der Waals surface area contributed by atoms with E-state index in [1.54, 1.807) is 0 Å². The number of hydrogen-bond acceptors (Lipinski definition) is 6. The van der Waals surface area contributed by atoms with Gasteiger partial charge in [-0.15, -0.1) is 0 Å². The molecule has 9 rings (SSSR count). The van der Waals surface area contributed by atoms with Crippen LogP contribution in [0.1, 0.15) is 285 Å². The summed E-state index contributed by atoms with van der Waals surface area (Å²) < 4.78 is 33.3. The molecular weight excluding hydrogens is 1130 g/mol. The van der Waals surface area contributed by atoms with Gasteiger partial charge < -0.3 is 28.1 Å². The lowest BCUT2D eigenvalue weighted by Crippen LogP contribution is -2.22. The van der Waals surface area contributed by atoms with Gasteiger partial charge in [0, 0.05) is 47.0 Å². The molecule has 0 spiro atoms. The standard InChI is InChI=1S/C78H110Cl2N4O4/c1-5-9-13-17-21-25-29-33-37-45-53-83-61-51-43-41-49-59(61)67-63(83)57-65(85-55-47-39-35-31-27-23-19-15-11-7-3)71-75(67)87-77-69(79)74-78(70(80)73(77)81-71)88-76-68-60-50-42-44-52-62(60)84(54-46-38-34-30-26-22-18-14-10-6-2)64(68)58-66(72(76)82-74)86-56-48-40-36-32-28-24-20-16-12-8-4/h41-44,49-52,57-58H,5-40,45-48,53-56H2,1-4H3. The van der Waals surface area contributed by atoms with Crippen molar-refractivity contribution < 1.29 is 18.9 Å². The summed E-state index contributed by atoms with van der Waals surface area (Å²) in [5, 5.41) is 5.67. The van der Waals surface area contributed by atoms with E-state index in [4.69, 9.17) is 52.1 Å². The molecule has 0 saturated heterocycles. The smallest absolute Gasteiger partial charge is 0.175 e. The molecule has 88 heavy (non-hydrogen) atoms. The van der Waals surface area contributed by atoms with Crippen molar-refractivity contribution in [3.8, 4) is 34.5 Å². The minimum Gasteiger partial charge on any atom is -0.491 e. The van der Waals surface area contributed by atoms with Crippen molar-refractivity contribution in [3.63, 3.8) is 0 Å². The van der Waals surface area contributed by atoms with Gasteiger partial charge in [0.2, 0.25) is 0 Å². The summed E-state index contributed by atoms with van der Waals surface area (Å²) in [6.07, 6.45) is 51.0. The Morgan fingerprint density at radius 3 is 0.943 bits per heavy atom. The fraction of sp³-hybridized carbons (Fsp3) is 0.615. The second-order valence-corrected chi connectivity index (χ2v) is 26.8. The maximum Gasteiger partial charge on any atom is 0.175 e. The zero-order valence-corrected chi connectivity index (χ0v) is 56.6. The molecule has 2 aromatic heterocycles. The molecule has 8 nitrogen and oxygen atoms in total. The van der Waals surface area contributed by atoms with E-state index in [9.17, 15) is 0 Å². The Balaban J connectivity index is 1.04. The minimum absolute atomic E-state index is 0.303. The Labute approximate surface area is 539 Å². The lowest BCUT2D eigenvalue weighted by atomic mass is 10.1. The Morgan fingerprint density at radius 1 is 0.341 bits per heavy atom. The molecule has 0 unspecified atom stereocenters. The van der Waals surface area contributed by atoms with Crippen LogP contribution in [0.25, 0.3) is 43.6 Å². The summed E-state index contributed by atoms with van der Waals surface area (Å²) in [4.78, 5) is 10.9. The van der Waals surface area contributed by atoms with Gasteiger partial charge in [0.15, 0.2) is 34.5 Å². The van der Waals surface area contributed by atoms with E-state index in [1.807, 2.05) is 0 Å². The Hall–Kier alpha value is -4.92. The van der Waals surface area contributed by atoms with Gasteiger partial charge in [0.05, 0.1) is 35.0 Å². The third-order valence-corrected chi connectivity index (χ3v) is 19.7. The van der Waals surface area contributed by atoms with Crippen molar-refractivity contribution >= 4 is 78.2 Å². The van der Waals surface area contributed by atoms with Crippen LogP contribution in [0, 0.1) is 0 Å².